The Labute approximate surface area is 91.9 Å². The van der Waals surface area contributed by atoms with E-state index < -0.39 is 0 Å². The minimum atomic E-state index is 0.218. The summed E-state index contributed by atoms with van der Waals surface area (Å²) >= 11 is 3.30. The van der Waals surface area contributed by atoms with Crippen LogP contribution in [0, 0.1) is 5.92 Å². The molecule has 74 valence electrons. The lowest BCUT2D eigenvalue weighted by Gasteiger charge is -2.06. The summed E-state index contributed by atoms with van der Waals surface area (Å²) in [7, 11) is 0. The Hall–Kier alpha value is -0.700. The number of ketones is 1. The van der Waals surface area contributed by atoms with Gasteiger partial charge >= 0.3 is 0 Å². The van der Waals surface area contributed by atoms with Crippen LogP contribution in [0.25, 0.3) is 0 Å². The van der Waals surface area contributed by atoms with Crippen molar-refractivity contribution in [3.05, 3.63) is 28.5 Å². The Morgan fingerprint density at radius 1 is 1.36 bits per heavy atom. The molecular formula is C11H12BrNO. The molecule has 0 radical (unpaired) electrons. The maximum Gasteiger partial charge on any atom is 0.184 e. The first-order chi connectivity index (χ1) is 6.77. The first-order valence-corrected chi connectivity index (χ1v) is 5.72. The van der Waals surface area contributed by atoms with Crippen LogP contribution in [0.3, 0.4) is 0 Å². The third-order valence-corrected chi connectivity index (χ3v) is 3.17. The summed E-state index contributed by atoms with van der Waals surface area (Å²) in [6.45, 7) is 0. The quantitative estimate of drug-likeness (QED) is 0.758. The van der Waals surface area contributed by atoms with Crippen LogP contribution in [0.15, 0.2) is 22.8 Å². The van der Waals surface area contributed by atoms with Crippen molar-refractivity contribution in [3.63, 3.8) is 0 Å². The van der Waals surface area contributed by atoms with Crippen molar-refractivity contribution >= 4 is 21.7 Å². The van der Waals surface area contributed by atoms with Crippen LogP contribution in [0.1, 0.15) is 36.2 Å². The van der Waals surface area contributed by atoms with Crippen molar-refractivity contribution in [1.82, 2.24) is 4.98 Å². The number of nitrogens with zero attached hydrogens (tertiary/aromatic N) is 1. The summed E-state index contributed by atoms with van der Waals surface area (Å²) in [6.07, 6.45) is 6.13. The molecule has 0 bridgehead atoms. The average Bonchev–Trinajstić information content (AvgIpc) is 2.71. The van der Waals surface area contributed by atoms with Crippen molar-refractivity contribution < 1.29 is 4.79 Å². The zero-order chi connectivity index (χ0) is 9.97. The maximum atomic E-state index is 11.9. The van der Waals surface area contributed by atoms with Crippen LogP contribution < -0.4 is 0 Å². The summed E-state index contributed by atoms with van der Waals surface area (Å²) in [5, 5.41) is 0. The summed E-state index contributed by atoms with van der Waals surface area (Å²) in [5.74, 6) is 0.443. The molecule has 0 atom stereocenters. The number of Topliss-reactive ketones (excluding diaryl/α,β-unsaturated/α-hetero) is 1. The van der Waals surface area contributed by atoms with E-state index in [0.717, 1.165) is 17.3 Å². The highest BCUT2D eigenvalue weighted by Gasteiger charge is 2.24. The van der Waals surface area contributed by atoms with E-state index in [4.69, 9.17) is 0 Å². The molecule has 0 unspecified atom stereocenters. The molecule has 1 heterocycles. The molecule has 1 aromatic heterocycles. The van der Waals surface area contributed by atoms with Gasteiger partial charge in [0, 0.05) is 16.6 Å². The van der Waals surface area contributed by atoms with E-state index >= 15 is 0 Å². The molecular weight excluding hydrogens is 242 g/mol. The van der Waals surface area contributed by atoms with Crippen LogP contribution in [0.5, 0.6) is 0 Å². The molecule has 0 saturated heterocycles. The zero-order valence-electron chi connectivity index (χ0n) is 7.87. The lowest BCUT2D eigenvalue weighted by atomic mass is 10.00. The van der Waals surface area contributed by atoms with Gasteiger partial charge in [-0.1, -0.05) is 12.8 Å². The topological polar surface area (TPSA) is 30.0 Å². The molecule has 2 nitrogen and oxygen atoms in total. The molecule has 0 aliphatic heterocycles. The van der Waals surface area contributed by atoms with Crippen LogP contribution >= 0.6 is 15.9 Å². The lowest BCUT2D eigenvalue weighted by molar-refractivity contribution is 0.0918. The van der Waals surface area contributed by atoms with Crippen molar-refractivity contribution in [2.45, 2.75) is 25.7 Å². The summed E-state index contributed by atoms with van der Waals surface area (Å²) in [6, 6.07) is 3.67. The van der Waals surface area contributed by atoms with E-state index in [1.54, 1.807) is 12.3 Å². The Kier molecular flexibility index (Phi) is 2.96. The van der Waals surface area contributed by atoms with Gasteiger partial charge in [-0.15, -0.1) is 0 Å². The van der Waals surface area contributed by atoms with Crippen LogP contribution in [-0.2, 0) is 0 Å². The third-order valence-electron chi connectivity index (χ3n) is 2.71. The van der Waals surface area contributed by atoms with Gasteiger partial charge in [-0.2, -0.15) is 0 Å². The second kappa shape index (κ2) is 4.22. The molecule has 2 rings (SSSR count). The van der Waals surface area contributed by atoms with Gasteiger partial charge in [0.2, 0.25) is 0 Å². The molecule has 1 fully saturated rings. The molecule has 0 spiro atoms. The van der Waals surface area contributed by atoms with E-state index in [1.807, 2.05) is 6.07 Å². The molecule has 1 aliphatic carbocycles. The van der Waals surface area contributed by atoms with Gasteiger partial charge in [-0.25, -0.2) is 0 Å². The highest BCUT2D eigenvalue weighted by atomic mass is 79.9. The zero-order valence-corrected chi connectivity index (χ0v) is 9.46. The van der Waals surface area contributed by atoms with Gasteiger partial charge in [0.15, 0.2) is 5.78 Å². The van der Waals surface area contributed by atoms with Crippen molar-refractivity contribution in [2.75, 3.05) is 0 Å². The third kappa shape index (κ3) is 2.03. The number of rotatable bonds is 2. The van der Waals surface area contributed by atoms with Crippen molar-refractivity contribution in [3.8, 4) is 0 Å². The maximum absolute atomic E-state index is 11.9. The predicted octanol–water partition coefficient (Wildman–Crippen LogP) is 3.22. The predicted molar refractivity (Wildman–Crippen MR) is 58.2 cm³/mol. The second-order valence-electron chi connectivity index (χ2n) is 3.71. The summed E-state index contributed by atoms with van der Waals surface area (Å²) in [4.78, 5) is 16.0. The Bertz CT molecular complexity index is 328. The molecule has 14 heavy (non-hydrogen) atoms. The fourth-order valence-electron chi connectivity index (χ4n) is 1.92. The molecule has 0 amide bonds. The minimum Gasteiger partial charge on any atom is -0.292 e. The monoisotopic (exact) mass is 253 g/mol. The molecule has 1 aliphatic rings. The number of hydrogen-bond donors (Lipinski definition) is 0. The number of pyridine rings is 1. The van der Waals surface area contributed by atoms with Crippen LogP contribution in [0.2, 0.25) is 0 Å². The molecule has 0 aromatic carbocycles. The number of aromatic nitrogens is 1. The van der Waals surface area contributed by atoms with Gasteiger partial charge in [-0.05, 0) is 40.9 Å². The highest BCUT2D eigenvalue weighted by molar-refractivity contribution is 9.10. The Morgan fingerprint density at radius 2 is 2.07 bits per heavy atom. The van der Waals surface area contributed by atoms with Crippen LogP contribution in [-0.4, -0.2) is 10.8 Å². The Morgan fingerprint density at radius 3 is 2.64 bits per heavy atom. The number of hydrogen-bond acceptors (Lipinski definition) is 2. The summed E-state index contributed by atoms with van der Waals surface area (Å²) < 4.78 is 0.917. The van der Waals surface area contributed by atoms with Gasteiger partial charge in [0.25, 0.3) is 0 Å². The molecule has 1 saturated carbocycles. The van der Waals surface area contributed by atoms with Gasteiger partial charge in [-0.3, -0.25) is 9.78 Å². The Balaban J connectivity index is 2.14. The fourth-order valence-corrected chi connectivity index (χ4v) is 2.15. The first-order valence-electron chi connectivity index (χ1n) is 4.93. The smallest absolute Gasteiger partial charge is 0.184 e. The second-order valence-corrected chi connectivity index (χ2v) is 4.62. The standard InChI is InChI=1S/C11H12BrNO/c12-9-5-6-10(13-7-9)11(14)8-3-1-2-4-8/h5-8H,1-4H2. The molecule has 1 aromatic rings. The normalized spacial score (nSPS) is 17.2. The van der Waals surface area contributed by atoms with E-state index in [9.17, 15) is 4.79 Å². The number of carbonyl (C=O) groups excluding carboxylic acids is 1. The van der Waals surface area contributed by atoms with E-state index in [1.165, 1.54) is 12.8 Å². The number of carbonyl (C=O) groups is 1. The van der Waals surface area contributed by atoms with Crippen molar-refractivity contribution in [2.24, 2.45) is 5.92 Å². The average molecular weight is 254 g/mol. The molecule has 3 heteroatoms. The summed E-state index contributed by atoms with van der Waals surface area (Å²) in [5.41, 5.74) is 0.611. The largest absolute Gasteiger partial charge is 0.292 e. The fraction of sp³-hybridized carbons (Fsp3) is 0.455. The van der Waals surface area contributed by atoms with E-state index in [0.29, 0.717) is 5.69 Å². The molecule has 0 N–H and O–H groups in total. The van der Waals surface area contributed by atoms with Gasteiger partial charge in [0.05, 0.1) is 0 Å². The highest BCUT2D eigenvalue weighted by Crippen LogP contribution is 2.27. The lowest BCUT2D eigenvalue weighted by Crippen LogP contribution is -2.12. The van der Waals surface area contributed by atoms with Gasteiger partial charge in [0.1, 0.15) is 5.69 Å². The SMILES string of the molecule is O=C(c1ccc(Br)cn1)C1CCCC1. The van der Waals surface area contributed by atoms with Crippen molar-refractivity contribution in [1.29, 1.82) is 0 Å². The van der Waals surface area contributed by atoms with E-state index in [2.05, 4.69) is 20.9 Å². The minimum absolute atomic E-state index is 0.218. The number of halogens is 1. The first kappa shape index (κ1) is 9.84. The van der Waals surface area contributed by atoms with Crippen LogP contribution in [0.4, 0.5) is 0 Å². The van der Waals surface area contributed by atoms with Gasteiger partial charge < -0.3 is 0 Å². The van der Waals surface area contributed by atoms with E-state index in [-0.39, 0.29) is 11.7 Å².